The summed E-state index contributed by atoms with van der Waals surface area (Å²) in [4.78, 5) is 25.8. The van der Waals surface area contributed by atoms with Crippen molar-refractivity contribution in [3.8, 4) is 11.8 Å². The number of ether oxygens (including phenoxy) is 2. The number of fused-ring (bicyclic) bond motifs is 2. The first-order valence-corrected chi connectivity index (χ1v) is 14.2. The third-order valence-corrected chi connectivity index (χ3v) is 7.53. The van der Waals surface area contributed by atoms with Crippen molar-refractivity contribution in [1.29, 1.82) is 0 Å². The average Bonchev–Trinajstić information content (AvgIpc) is 3.67. The van der Waals surface area contributed by atoms with E-state index in [1.54, 1.807) is 35.6 Å². The van der Waals surface area contributed by atoms with Crippen molar-refractivity contribution in [1.82, 2.24) is 39.0 Å². The summed E-state index contributed by atoms with van der Waals surface area (Å²) in [5.41, 5.74) is 3.93. The number of halogens is 1. The van der Waals surface area contributed by atoms with Crippen molar-refractivity contribution in [3.05, 3.63) is 33.7 Å². The Kier molecular flexibility index (Phi) is 8.53. The zero-order chi connectivity index (χ0) is 29.6. The van der Waals surface area contributed by atoms with E-state index in [1.165, 1.54) is 0 Å². The summed E-state index contributed by atoms with van der Waals surface area (Å²) in [6.07, 6.45) is -2.37. The van der Waals surface area contributed by atoms with Crippen LogP contribution in [0.3, 0.4) is 0 Å². The van der Waals surface area contributed by atoms with Gasteiger partial charge >= 0.3 is 0 Å². The van der Waals surface area contributed by atoms with Gasteiger partial charge in [-0.05, 0) is 33.6 Å². The van der Waals surface area contributed by atoms with Crippen LogP contribution in [-0.2, 0) is 9.47 Å². The van der Waals surface area contributed by atoms with Crippen LogP contribution < -0.4 is 0 Å². The second-order valence-corrected chi connectivity index (χ2v) is 10.9. The maximum Gasteiger partial charge on any atom is 0.207 e. The predicted octanol–water partition coefficient (Wildman–Crippen LogP) is 0.914. The first kappa shape index (κ1) is 29.6. The number of rotatable bonds is 2. The van der Waals surface area contributed by atoms with E-state index in [0.717, 1.165) is 5.69 Å². The molecule has 0 bridgehead atoms. The van der Waals surface area contributed by atoms with Crippen molar-refractivity contribution in [3.63, 3.8) is 0 Å². The highest BCUT2D eigenvalue weighted by Gasteiger charge is 2.43. The Balaban J connectivity index is 0.000000166. The molecule has 2 unspecified atom stereocenters. The molecule has 4 aromatic rings. The number of nitrogens with zero attached hydrogens (tertiary/aromatic N) is 8. The van der Waals surface area contributed by atoms with Gasteiger partial charge in [-0.2, -0.15) is 0 Å². The van der Waals surface area contributed by atoms with Crippen molar-refractivity contribution in [2.75, 3.05) is 0 Å². The minimum Gasteiger partial charge on any atom is -0.388 e. The smallest absolute Gasteiger partial charge is 0.207 e. The summed E-state index contributed by atoms with van der Waals surface area (Å²) >= 11 is 2.03. The van der Waals surface area contributed by atoms with E-state index in [2.05, 4.69) is 41.7 Å². The van der Waals surface area contributed by atoms with Crippen LogP contribution in [0.15, 0.2) is 12.7 Å². The molecule has 4 N–H and O–H groups in total. The van der Waals surface area contributed by atoms with Gasteiger partial charge in [-0.25, -0.2) is 29.9 Å². The molecule has 0 saturated carbocycles. The van der Waals surface area contributed by atoms with E-state index in [9.17, 15) is 20.4 Å². The Morgan fingerprint density at radius 3 is 1.73 bits per heavy atom. The lowest BCUT2D eigenvalue weighted by atomic mass is 10.1. The quantitative estimate of drug-likeness (QED) is 0.134. The van der Waals surface area contributed by atoms with Crippen molar-refractivity contribution < 1.29 is 29.9 Å². The van der Waals surface area contributed by atoms with Gasteiger partial charge in [-0.15, -0.1) is 0 Å². The predicted molar refractivity (Wildman–Crippen MR) is 153 cm³/mol. The molecule has 2 fully saturated rings. The molecule has 41 heavy (non-hydrogen) atoms. The molecule has 14 nitrogen and oxygen atoms in total. The third-order valence-electron chi connectivity index (χ3n) is 7.04. The molecule has 6 rings (SSSR count). The van der Waals surface area contributed by atoms with Crippen LogP contribution in [0.4, 0.5) is 0 Å². The summed E-state index contributed by atoms with van der Waals surface area (Å²) in [5, 5.41) is 39.8. The molecule has 0 aliphatic carbocycles. The SMILES string of the molecule is CCC#Cc1nc(C)c2ncn([C@@H]3O[C@H](C)C(O)[C@@H]3O)c2n1.Cc1nc(I)nc2c1ncn2[C@@H]1O[C@H](C)C(O)[C@@H]1O. The zero-order valence-electron chi connectivity index (χ0n) is 23.0. The maximum atomic E-state index is 10.1. The van der Waals surface area contributed by atoms with Crippen molar-refractivity contribution >= 4 is 44.9 Å². The minimum atomic E-state index is -1.03. The van der Waals surface area contributed by atoms with E-state index in [1.807, 2.05) is 43.4 Å². The van der Waals surface area contributed by atoms with Crippen molar-refractivity contribution in [2.45, 2.75) is 90.1 Å². The minimum absolute atomic E-state index is 0.412. The van der Waals surface area contributed by atoms with Crippen LogP contribution in [0, 0.1) is 29.5 Å². The molecule has 218 valence electrons. The van der Waals surface area contributed by atoms with E-state index >= 15 is 0 Å². The molecular formula is C26H31IN8O6. The normalized spacial score (nSPS) is 29.4. The second-order valence-electron chi connectivity index (χ2n) is 9.94. The first-order valence-electron chi connectivity index (χ1n) is 13.1. The van der Waals surface area contributed by atoms with E-state index in [-0.39, 0.29) is 0 Å². The largest absolute Gasteiger partial charge is 0.388 e. The van der Waals surface area contributed by atoms with Crippen molar-refractivity contribution in [2.24, 2.45) is 0 Å². The molecule has 0 radical (unpaired) electrons. The standard InChI is InChI=1S/C15H18N4O3.C11H13IN4O3/c1-4-5-6-10-17-8(2)11-14(18-10)19(7-16-11)15-13(21)12(20)9(3)22-15;1-4-6-9(15-11(12)14-4)16(3-13-6)10-8(18)7(17)5(2)19-10/h7,9,12-13,15,20-21H,4H2,1-3H3;3,5,7-8,10,17-18H,1-2H3/t9-,12?,13+,15-;5-,7?,8+,10-/m11/s1. The van der Waals surface area contributed by atoms with Gasteiger partial charge in [0.15, 0.2) is 27.6 Å². The van der Waals surface area contributed by atoms with E-state index in [0.29, 0.717) is 44.1 Å². The number of hydrogen-bond acceptors (Lipinski definition) is 12. The summed E-state index contributed by atoms with van der Waals surface area (Å²) in [7, 11) is 0. The average molecular weight is 678 g/mol. The van der Waals surface area contributed by atoms with Gasteiger partial charge in [0.05, 0.1) is 36.3 Å². The Bertz CT molecular complexity index is 1630. The topological polar surface area (TPSA) is 187 Å². The number of aliphatic hydroxyl groups excluding tert-OH is 4. The third kappa shape index (κ3) is 5.52. The highest BCUT2D eigenvalue weighted by Crippen LogP contribution is 2.32. The Hall–Kier alpha value is -2.85. The summed E-state index contributed by atoms with van der Waals surface area (Å²) < 4.78 is 15.1. The van der Waals surface area contributed by atoms with Crippen LogP contribution in [-0.4, -0.2) is 96.1 Å². The fourth-order valence-corrected chi connectivity index (χ4v) is 5.38. The van der Waals surface area contributed by atoms with Gasteiger partial charge in [0, 0.05) is 29.0 Å². The van der Waals surface area contributed by atoms with Gasteiger partial charge in [-0.3, -0.25) is 9.13 Å². The van der Waals surface area contributed by atoms with Crippen LogP contribution in [0.1, 0.15) is 56.9 Å². The summed E-state index contributed by atoms with van der Waals surface area (Å²) in [5.74, 6) is 6.24. The summed E-state index contributed by atoms with van der Waals surface area (Å²) in [6.45, 7) is 9.07. The molecule has 2 saturated heterocycles. The lowest BCUT2D eigenvalue weighted by molar-refractivity contribution is -0.0300. The number of hydrogen-bond donors (Lipinski definition) is 4. The molecule has 15 heteroatoms. The molecule has 4 aromatic heterocycles. The van der Waals surface area contributed by atoms with Crippen LogP contribution in [0.25, 0.3) is 22.3 Å². The Labute approximate surface area is 249 Å². The highest BCUT2D eigenvalue weighted by molar-refractivity contribution is 14.1. The monoisotopic (exact) mass is 678 g/mol. The van der Waals surface area contributed by atoms with Crippen LogP contribution >= 0.6 is 22.6 Å². The maximum absolute atomic E-state index is 10.1. The molecular weight excluding hydrogens is 647 g/mol. The van der Waals surface area contributed by atoms with Gasteiger partial charge in [0.1, 0.15) is 35.4 Å². The van der Waals surface area contributed by atoms with Gasteiger partial charge < -0.3 is 29.9 Å². The molecule has 0 aromatic carbocycles. The van der Waals surface area contributed by atoms with Crippen LogP contribution in [0.5, 0.6) is 0 Å². The highest BCUT2D eigenvalue weighted by atomic mass is 127. The summed E-state index contributed by atoms with van der Waals surface area (Å²) in [6, 6.07) is 0. The Morgan fingerprint density at radius 1 is 0.780 bits per heavy atom. The molecule has 0 amide bonds. The Morgan fingerprint density at radius 2 is 1.27 bits per heavy atom. The lowest BCUT2D eigenvalue weighted by Crippen LogP contribution is -2.30. The molecule has 8 atom stereocenters. The molecule has 2 aliphatic heterocycles. The van der Waals surface area contributed by atoms with E-state index in [4.69, 9.17) is 9.47 Å². The number of aryl methyl sites for hydroxylation is 2. The van der Waals surface area contributed by atoms with Gasteiger partial charge in [0.25, 0.3) is 0 Å². The number of imidazole rings is 2. The zero-order valence-corrected chi connectivity index (χ0v) is 25.2. The van der Waals surface area contributed by atoms with E-state index < -0.39 is 49.1 Å². The van der Waals surface area contributed by atoms with Crippen LogP contribution in [0.2, 0.25) is 0 Å². The number of aromatic nitrogens is 8. The molecule has 0 spiro atoms. The lowest BCUT2D eigenvalue weighted by Gasteiger charge is -2.16. The molecule has 2 aliphatic rings. The fraction of sp³-hybridized carbons (Fsp3) is 0.538. The van der Waals surface area contributed by atoms with Gasteiger partial charge in [-0.1, -0.05) is 12.8 Å². The first-order chi connectivity index (χ1) is 19.5. The van der Waals surface area contributed by atoms with Gasteiger partial charge in [0.2, 0.25) is 5.82 Å². The number of aliphatic hydroxyl groups is 4. The second kappa shape index (κ2) is 11.8. The fourth-order valence-electron chi connectivity index (χ4n) is 4.79. The molecule has 6 heterocycles.